The normalized spacial score (nSPS) is 11.0. The second-order valence-electron chi connectivity index (χ2n) is 6.23. The van der Waals surface area contributed by atoms with Gasteiger partial charge in [0.25, 0.3) is 15.9 Å². The molecule has 0 saturated heterocycles. The highest BCUT2D eigenvalue weighted by Gasteiger charge is 2.15. The van der Waals surface area contributed by atoms with Gasteiger partial charge in [-0.3, -0.25) is 14.3 Å². The second kappa shape index (κ2) is 8.24. The van der Waals surface area contributed by atoms with E-state index in [0.29, 0.717) is 11.3 Å². The summed E-state index contributed by atoms with van der Waals surface area (Å²) in [4.78, 5) is 23.8. The fourth-order valence-electron chi connectivity index (χ4n) is 2.54. The van der Waals surface area contributed by atoms with E-state index < -0.39 is 21.7 Å². The fraction of sp³-hybridized carbons (Fsp3) is 0.0476. The number of amides is 1. The van der Waals surface area contributed by atoms with Crippen molar-refractivity contribution in [3.05, 3.63) is 89.7 Å². The molecule has 0 unspecified atom stereocenters. The Hall–Kier alpha value is -3.52. The maximum Gasteiger partial charge on any atom is 0.261 e. The molecule has 0 spiro atoms. The van der Waals surface area contributed by atoms with E-state index in [-0.39, 0.29) is 21.9 Å². The van der Waals surface area contributed by atoms with Gasteiger partial charge in [-0.05, 0) is 67.6 Å². The van der Waals surface area contributed by atoms with Crippen LogP contribution in [-0.2, 0) is 10.0 Å². The molecule has 0 fully saturated rings. The quantitative estimate of drug-likeness (QED) is 0.597. The van der Waals surface area contributed by atoms with E-state index in [4.69, 9.17) is 0 Å². The lowest BCUT2D eigenvalue weighted by Crippen LogP contribution is -2.15. The van der Waals surface area contributed by atoms with Crippen LogP contribution >= 0.6 is 0 Å². The molecule has 0 heterocycles. The average molecular weight is 412 g/mol. The van der Waals surface area contributed by atoms with Crippen molar-refractivity contribution < 1.29 is 22.4 Å². The van der Waals surface area contributed by atoms with Gasteiger partial charge in [-0.25, -0.2) is 12.8 Å². The number of nitrogens with one attached hydrogen (secondary N) is 2. The summed E-state index contributed by atoms with van der Waals surface area (Å²) in [7, 11) is -3.88. The molecule has 0 bridgehead atoms. The number of anilines is 2. The minimum absolute atomic E-state index is 0.0445. The van der Waals surface area contributed by atoms with Gasteiger partial charge >= 0.3 is 0 Å². The minimum atomic E-state index is -3.88. The van der Waals surface area contributed by atoms with Gasteiger partial charge in [0.2, 0.25) is 0 Å². The van der Waals surface area contributed by atoms with Crippen molar-refractivity contribution in [2.45, 2.75) is 11.8 Å². The highest BCUT2D eigenvalue weighted by molar-refractivity contribution is 7.92. The summed E-state index contributed by atoms with van der Waals surface area (Å²) in [5.41, 5.74) is 1.39. The molecule has 0 radical (unpaired) electrons. The van der Waals surface area contributed by atoms with Crippen molar-refractivity contribution in [2.24, 2.45) is 0 Å². The Morgan fingerprint density at radius 2 is 1.48 bits per heavy atom. The van der Waals surface area contributed by atoms with Crippen molar-refractivity contribution in [3.8, 4) is 0 Å². The topological polar surface area (TPSA) is 92.3 Å². The number of sulfonamides is 1. The third-order valence-corrected chi connectivity index (χ3v) is 5.45. The fourth-order valence-corrected chi connectivity index (χ4v) is 3.60. The first-order valence-electron chi connectivity index (χ1n) is 8.55. The summed E-state index contributed by atoms with van der Waals surface area (Å²) in [6.07, 6.45) is 0. The number of hydrogen-bond acceptors (Lipinski definition) is 4. The van der Waals surface area contributed by atoms with Crippen molar-refractivity contribution in [2.75, 3.05) is 10.0 Å². The molecule has 3 rings (SSSR count). The van der Waals surface area contributed by atoms with Crippen LogP contribution in [0.2, 0.25) is 0 Å². The molecule has 0 aromatic heterocycles. The molecule has 3 aromatic carbocycles. The Kier molecular flexibility index (Phi) is 5.74. The van der Waals surface area contributed by atoms with Crippen LogP contribution in [0.4, 0.5) is 15.8 Å². The first kappa shape index (κ1) is 20.2. The third kappa shape index (κ3) is 5.05. The first-order chi connectivity index (χ1) is 13.7. The number of ketones is 1. The lowest BCUT2D eigenvalue weighted by atomic mass is 10.1. The molecule has 0 aliphatic carbocycles. The highest BCUT2D eigenvalue weighted by Crippen LogP contribution is 2.18. The van der Waals surface area contributed by atoms with Crippen LogP contribution in [0.25, 0.3) is 0 Å². The predicted molar refractivity (Wildman–Crippen MR) is 108 cm³/mol. The van der Waals surface area contributed by atoms with E-state index in [9.17, 15) is 22.4 Å². The van der Waals surface area contributed by atoms with Crippen molar-refractivity contribution in [3.63, 3.8) is 0 Å². The monoisotopic (exact) mass is 412 g/mol. The van der Waals surface area contributed by atoms with Gasteiger partial charge in [-0.15, -0.1) is 0 Å². The number of carbonyl (C=O) groups is 2. The van der Waals surface area contributed by atoms with Crippen molar-refractivity contribution >= 4 is 33.1 Å². The Morgan fingerprint density at radius 3 is 2.10 bits per heavy atom. The molecule has 1 amide bonds. The minimum Gasteiger partial charge on any atom is -0.322 e. The van der Waals surface area contributed by atoms with Gasteiger partial charge in [0.15, 0.2) is 5.78 Å². The molecule has 6 nitrogen and oxygen atoms in total. The van der Waals surface area contributed by atoms with Crippen LogP contribution in [0.15, 0.2) is 77.7 Å². The molecular formula is C21H17FN2O4S. The average Bonchev–Trinajstić information content (AvgIpc) is 2.70. The third-order valence-electron chi connectivity index (χ3n) is 4.05. The molecule has 2 N–H and O–H groups in total. The number of Topliss-reactive ketones (excluding diaryl/α,β-unsaturated/α-hetero) is 1. The zero-order valence-corrected chi connectivity index (χ0v) is 16.2. The van der Waals surface area contributed by atoms with Gasteiger partial charge in [0.1, 0.15) is 5.82 Å². The van der Waals surface area contributed by atoms with Crippen molar-refractivity contribution in [1.29, 1.82) is 0 Å². The second-order valence-corrected chi connectivity index (χ2v) is 7.91. The molecule has 0 aliphatic heterocycles. The molecule has 0 saturated carbocycles. The molecule has 0 aliphatic rings. The van der Waals surface area contributed by atoms with E-state index in [2.05, 4.69) is 10.0 Å². The van der Waals surface area contributed by atoms with Crippen LogP contribution in [0.5, 0.6) is 0 Å². The Balaban J connectivity index is 1.73. The Bertz CT molecular complexity index is 1160. The zero-order valence-electron chi connectivity index (χ0n) is 15.3. The summed E-state index contributed by atoms with van der Waals surface area (Å²) >= 11 is 0. The van der Waals surface area contributed by atoms with Gasteiger partial charge in [0, 0.05) is 22.5 Å². The molecule has 148 valence electrons. The first-order valence-corrected chi connectivity index (χ1v) is 10.0. The SMILES string of the molecule is CC(=O)c1cccc(NC(=O)c2ccc(S(=O)(=O)Nc3ccc(F)cc3)cc2)c1. The van der Waals surface area contributed by atoms with Gasteiger partial charge in [0.05, 0.1) is 4.90 Å². The van der Waals surface area contributed by atoms with Crippen LogP contribution in [-0.4, -0.2) is 20.1 Å². The zero-order chi connectivity index (χ0) is 21.0. The summed E-state index contributed by atoms with van der Waals surface area (Å²) in [5, 5.41) is 2.67. The lowest BCUT2D eigenvalue weighted by Gasteiger charge is -2.09. The van der Waals surface area contributed by atoms with Gasteiger partial charge in [-0.2, -0.15) is 0 Å². The summed E-state index contributed by atoms with van der Waals surface area (Å²) in [6, 6.07) is 16.8. The summed E-state index contributed by atoms with van der Waals surface area (Å²) < 4.78 is 40.1. The molecule has 3 aromatic rings. The van der Waals surface area contributed by atoms with Crippen molar-refractivity contribution in [1.82, 2.24) is 0 Å². The van der Waals surface area contributed by atoms with E-state index >= 15 is 0 Å². The number of hydrogen-bond donors (Lipinski definition) is 2. The van der Waals surface area contributed by atoms with Crippen LogP contribution in [0.1, 0.15) is 27.6 Å². The van der Waals surface area contributed by atoms with Crippen LogP contribution in [0, 0.1) is 5.82 Å². The van der Waals surface area contributed by atoms with E-state index in [1.165, 1.54) is 43.3 Å². The highest BCUT2D eigenvalue weighted by atomic mass is 32.2. The maximum absolute atomic E-state index is 12.9. The largest absolute Gasteiger partial charge is 0.322 e. The summed E-state index contributed by atoms with van der Waals surface area (Å²) in [5.74, 6) is -1.04. The molecule has 0 atom stereocenters. The lowest BCUT2D eigenvalue weighted by molar-refractivity contribution is 0.101. The van der Waals surface area contributed by atoms with Crippen LogP contribution < -0.4 is 10.0 Å². The van der Waals surface area contributed by atoms with E-state index in [0.717, 1.165) is 12.1 Å². The van der Waals surface area contributed by atoms with E-state index in [1.54, 1.807) is 24.3 Å². The Labute approximate surface area is 167 Å². The summed E-state index contributed by atoms with van der Waals surface area (Å²) in [6.45, 7) is 1.43. The standard InChI is InChI=1S/C21H17FN2O4S/c1-14(25)16-3-2-4-19(13-16)23-21(26)15-5-11-20(12-6-15)29(27,28)24-18-9-7-17(22)8-10-18/h2-13,24H,1H3,(H,23,26). The van der Waals surface area contributed by atoms with Gasteiger partial charge < -0.3 is 5.32 Å². The maximum atomic E-state index is 12.9. The molecule has 8 heteroatoms. The number of rotatable bonds is 6. The molecular weight excluding hydrogens is 395 g/mol. The number of halogens is 1. The van der Waals surface area contributed by atoms with Crippen LogP contribution in [0.3, 0.4) is 0 Å². The number of carbonyl (C=O) groups excluding carboxylic acids is 2. The molecule has 29 heavy (non-hydrogen) atoms. The van der Waals surface area contributed by atoms with E-state index in [1.807, 2.05) is 0 Å². The smallest absolute Gasteiger partial charge is 0.261 e. The van der Waals surface area contributed by atoms with Gasteiger partial charge in [-0.1, -0.05) is 12.1 Å². The Morgan fingerprint density at radius 1 is 0.828 bits per heavy atom. The predicted octanol–water partition coefficient (Wildman–Crippen LogP) is 4.08. The number of benzene rings is 3.